The van der Waals surface area contributed by atoms with Gasteiger partial charge in [-0.25, -0.2) is 0 Å². The molecule has 0 spiro atoms. The lowest BCUT2D eigenvalue weighted by molar-refractivity contribution is -0.858. The summed E-state index contributed by atoms with van der Waals surface area (Å²) in [5, 5.41) is 0. The standard InChI is InChI=1S/C16H26N2O2/c1-5-11-18(13-6-12-17(2)3)16(19)14-7-9-15(20-4)10-8-14/h7-10H,5-6,11-13H2,1-4H3/p+1. The molecule has 0 aliphatic carbocycles. The van der Waals surface area contributed by atoms with Gasteiger partial charge in [0.05, 0.1) is 27.7 Å². The van der Waals surface area contributed by atoms with Gasteiger partial charge in [-0.05, 0) is 30.7 Å². The Labute approximate surface area is 122 Å². The second-order valence-corrected chi connectivity index (χ2v) is 5.33. The zero-order chi connectivity index (χ0) is 15.0. The summed E-state index contributed by atoms with van der Waals surface area (Å²) in [7, 11) is 5.90. The molecule has 0 aliphatic rings. The van der Waals surface area contributed by atoms with Crippen molar-refractivity contribution in [2.75, 3.05) is 40.8 Å². The molecular formula is C16H27N2O2+. The highest BCUT2D eigenvalue weighted by Gasteiger charge is 2.15. The first-order valence-corrected chi connectivity index (χ1v) is 7.30. The number of hydrogen-bond acceptors (Lipinski definition) is 2. The number of ether oxygens (including phenoxy) is 1. The molecule has 0 fully saturated rings. The lowest BCUT2D eigenvalue weighted by Gasteiger charge is -2.22. The van der Waals surface area contributed by atoms with Crippen LogP contribution in [0.5, 0.6) is 5.75 Å². The zero-order valence-corrected chi connectivity index (χ0v) is 13.1. The number of quaternary nitrogens is 1. The van der Waals surface area contributed by atoms with Gasteiger partial charge in [-0.1, -0.05) is 6.92 Å². The van der Waals surface area contributed by atoms with Gasteiger partial charge >= 0.3 is 0 Å². The highest BCUT2D eigenvalue weighted by molar-refractivity contribution is 5.94. The molecular weight excluding hydrogens is 252 g/mol. The van der Waals surface area contributed by atoms with Crippen LogP contribution in [0.15, 0.2) is 24.3 Å². The number of carbonyl (C=O) groups is 1. The van der Waals surface area contributed by atoms with Crippen LogP contribution in [-0.4, -0.2) is 51.6 Å². The van der Waals surface area contributed by atoms with Crippen molar-refractivity contribution in [2.24, 2.45) is 0 Å². The van der Waals surface area contributed by atoms with Crippen LogP contribution in [-0.2, 0) is 0 Å². The van der Waals surface area contributed by atoms with Crippen LogP contribution < -0.4 is 9.64 Å². The number of benzene rings is 1. The maximum Gasteiger partial charge on any atom is 0.253 e. The van der Waals surface area contributed by atoms with Crippen LogP contribution >= 0.6 is 0 Å². The molecule has 4 heteroatoms. The van der Waals surface area contributed by atoms with Gasteiger partial charge < -0.3 is 14.5 Å². The van der Waals surface area contributed by atoms with Crippen LogP contribution in [0.3, 0.4) is 0 Å². The zero-order valence-electron chi connectivity index (χ0n) is 13.1. The molecule has 1 aromatic rings. The molecule has 0 atom stereocenters. The molecule has 0 radical (unpaired) electrons. The molecule has 0 saturated carbocycles. The molecule has 112 valence electrons. The molecule has 4 nitrogen and oxygen atoms in total. The van der Waals surface area contributed by atoms with Gasteiger partial charge in [0.2, 0.25) is 0 Å². The van der Waals surface area contributed by atoms with E-state index in [0.717, 1.165) is 43.8 Å². The number of methoxy groups -OCH3 is 1. The molecule has 0 aromatic heterocycles. The molecule has 0 bridgehead atoms. The average Bonchev–Trinajstić information content (AvgIpc) is 2.45. The van der Waals surface area contributed by atoms with Crippen molar-refractivity contribution >= 4 is 5.91 Å². The Balaban J connectivity index is 2.66. The van der Waals surface area contributed by atoms with Crippen molar-refractivity contribution in [2.45, 2.75) is 19.8 Å². The maximum absolute atomic E-state index is 12.5. The second-order valence-electron chi connectivity index (χ2n) is 5.33. The van der Waals surface area contributed by atoms with Crippen LogP contribution in [0.4, 0.5) is 0 Å². The first-order valence-electron chi connectivity index (χ1n) is 7.30. The van der Waals surface area contributed by atoms with Crippen LogP contribution in [0.1, 0.15) is 30.1 Å². The molecule has 1 amide bonds. The average molecular weight is 279 g/mol. The summed E-state index contributed by atoms with van der Waals surface area (Å²) in [5.41, 5.74) is 0.733. The number of hydrogen-bond donors (Lipinski definition) is 1. The molecule has 1 aromatic carbocycles. The Kier molecular flexibility index (Phi) is 7.09. The van der Waals surface area contributed by atoms with E-state index in [9.17, 15) is 4.79 Å². The van der Waals surface area contributed by atoms with Crippen molar-refractivity contribution in [3.8, 4) is 5.75 Å². The fourth-order valence-electron chi connectivity index (χ4n) is 2.12. The smallest absolute Gasteiger partial charge is 0.253 e. The van der Waals surface area contributed by atoms with E-state index in [1.54, 1.807) is 7.11 Å². The maximum atomic E-state index is 12.5. The number of nitrogens with one attached hydrogen (secondary N) is 1. The highest BCUT2D eigenvalue weighted by Crippen LogP contribution is 2.13. The predicted octanol–water partition coefficient (Wildman–Crippen LogP) is 1.08. The number of nitrogens with zero attached hydrogens (tertiary/aromatic N) is 1. The van der Waals surface area contributed by atoms with Crippen LogP contribution in [0.25, 0.3) is 0 Å². The fourth-order valence-corrected chi connectivity index (χ4v) is 2.12. The van der Waals surface area contributed by atoms with Gasteiger partial charge in [0.15, 0.2) is 0 Å². The van der Waals surface area contributed by atoms with Crippen molar-refractivity contribution in [3.05, 3.63) is 29.8 Å². The third kappa shape index (κ3) is 5.21. The second kappa shape index (κ2) is 8.59. The summed E-state index contributed by atoms with van der Waals surface area (Å²) in [6.45, 7) is 4.82. The van der Waals surface area contributed by atoms with E-state index >= 15 is 0 Å². The fraction of sp³-hybridized carbons (Fsp3) is 0.562. The molecule has 0 saturated heterocycles. The Bertz CT molecular complexity index is 401. The van der Waals surface area contributed by atoms with E-state index in [0.29, 0.717) is 0 Å². The molecule has 0 aliphatic heterocycles. The Morgan fingerprint density at radius 2 is 1.85 bits per heavy atom. The predicted molar refractivity (Wildman–Crippen MR) is 81.5 cm³/mol. The van der Waals surface area contributed by atoms with Gasteiger partial charge in [0, 0.05) is 25.1 Å². The number of amides is 1. The minimum absolute atomic E-state index is 0.114. The van der Waals surface area contributed by atoms with Gasteiger partial charge in [0.25, 0.3) is 5.91 Å². The van der Waals surface area contributed by atoms with Crippen molar-refractivity contribution in [1.82, 2.24) is 4.90 Å². The SMILES string of the molecule is CCCN(CCC[NH+](C)C)C(=O)c1ccc(OC)cc1. The Morgan fingerprint density at radius 3 is 2.35 bits per heavy atom. The van der Waals surface area contributed by atoms with Gasteiger partial charge in [-0.2, -0.15) is 0 Å². The minimum Gasteiger partial charge on any atom is -0.497 e. The first-order chi connectivity index (χ1) is 9.58. The van der Waals surface area contributed by atoms with E-state index in [1.165, 1.54) is 4.90 Å². The largest absolute Gasteiger partial charge is 0.497 e. The summed E-state index contributed by atoms with van der Waals surface area (Å²) in [5.74, 6) is 0.892. The Hall–Kier alpha value is -1.55. The lowest BCUT2D eigenvalue weighted by Crippen LogP contribution is -3.05. The van der Waals surface area contributed by atoms with E-state index in [4.69, 9.17) is 4.74 Å². The summed E-state index contributed by atoms with van der Waals surface area (Å²) < 4.78 is 5.12. The molecule has 0 unspecified atom stereocenters. The highest BCUT2D eigenvalue weighted by atomic mass is 16.5. The van der Waals surface area contributed by atoms with Crippen LogP contribution in [0.2, 0.25) is 0 Å². The number of rotatable bonds is 8. The van der Waals surface area contributed by atoms with E-state index in [2.05, 4.69) is 21.0 Å². The van der Waals surface area contributed by atoms with E-state index < -0.39 is 0 Å². The van der Waals surface area contributed by atoms with E-state index in [-0.39, 0.29) is 5.91 Å². The third-order valence-electron chi connectivity index (χ3n) is 3.22. The quantitative estimate of drug-likeness (QED) is 0.773. The third-order valence-corrected chi connectivity index (χ3v) is 3.22. The summed E-state index contributed by atoms with van der Waals surface area (Å²) >= 11 is 0. The molecule has 0 heterocycles. The normalized spacial score (nSPS) is 10.7. The van der Waals surface area contributed by atoms with Gasteiger partial charge in [-0.15, -0.1) is 0 Å². The molecule has 20 heavy (non-hydrogen) atoms. The number of carbonyl (C=O) groups excluding carboxylic acids is 1. The summed E-state index contributed by atoms with van der Waals surface area (Å²) in [4.78, 5) is 15.9. The van der Waals surface area contributed by atoms with Crippen molar-refractivity contribution in [3.63, 3.8) is 0 Å². The Morgan fingerprint density at radius 1 is 1.20 bits per heavy atom. The molecule has 1 N–H and O–H groups in total. The van der Waals surface area contributed by atoms with Crippen molar-refractivity contribution < 1.29 is 14.4 Å². The van der Waals surface area contributed by atoms with Gasteiger partial charge in [0.1, 0.15) is 5.75 Å². The summed E-state index contributed by atoms with van der Waals surface area (Å²) in [6, 6.07) is 7.34. The molecule has 1 rings (SSSR count). The topological polar surface area (TPSA) is 34.0 Å². The van der Waals surface area contributed by atoms with E-state index in [1.807, 2.05) is 29.2 Å². The van der Waals surface area contributed by atoms with Crippen LogP contribution in [0, 0.1) is 0 Å². The van der Waals surface area contributed by atoms with Gasteiger partial charge in [-0.3, -0.25) is 4.79 Å². The minimum atomic E-state index is 0.114. The lowest BCUT2D eigenvalue weighted by atomic mass is 10.1. The van der Waals surface area contributed by atoms with Crippen molar-refractivity contribution in [1.29, 1.82) is 0 Å². The summed E-state index contributed by atoms with van der Waals surface area (Å²) in [6.07, 6.45) is 2.01. The first kappa shape index (κ1) is 16.5. The monoisotopic (exact) mass is 279 g/mol.